The van der Waals surface area contributed by atoms with Crippen LogP contribution in [0.25, 0.3) is 0 Å². The van der Waals surface area contributed by atoms with Gasteiger partial charge in [0, 0.05) is 48.4 Å². The zero-order valence-electron chi connectivity index (χ0n) is 34.3. The smallest absolute Gasteiger partial charge is 0.116 e. The first-order chi connectivity index (χ1) is 20.8. The third-order valence-corrected chi connectivity index (χ3v) is 53.7. The highest BCUT2D eigenvalue weighted by atomic mass is 33.3. The van der Waals surface area contributed by atoms with Crippen LogP contribution in [0.15, 0.2) is 24.3 Å². The van der Waals surface area contributed by atoms with E-state index >= 15 is 0 Å². The van der Waals surface area contributed by atoms with E-state index in [9.17, 15) is 0 Å². The Morgan fingerprint density at radius 1 is 0.426 bits per heavy atom. The molecule has 11 heteroatoms. The van der Waals surface area contributed by atoms with Gasteiger partial charge in [0.15, 0.2) is 0 Å². The molecule has 0 heterocycles. The second-order valence-electron chi connectivity index (χ2n) is 21.1. The van der Waals surface area contributed by atoms with Crippen molar-refractivity contribution >= 4 is 109 Å². The van der Waals surface area contributed by atoms with Crippen molar-refractivity contribution in [2.45, 2.75) is 154 Å². The Hall–Kier alpha value is 1.36. The summed E-state index contributed by atoms with van der Waals surface area (Å²) in [5.74, 6) is 0. The van der Waals surface area contributed by atoms with Gasteiger partial charge >= 0.3 is 0 Å². The van der Waals surface area contributed by atoms with Crippen molar-refractivity contribution in [1.82, 2.24) is 0 Å². The number of aryl methyl sites for hydroxylation is 3. The Labute approximate surface area is 318 Å². The van der Waals surface area contributed by atoms with Crippen molar-refractivity contribution in [3.8, 4) is 0 Å². The lowest BCUT2D eigenvalue weighted by molar-refractivity contribution is 1.10. The molecule has 0 N–H and O–H groups in total. The SMILES string of the molecule is Cc1cc(C)c([Si](SS)(SS)c2c(C([Si](C)(C)C)[Si](C)(C)C)cc(C([Si](C)(C)C)[Si](C)(C)C)cc2C([Si](C)(C)C)[Si](C)(C)C)c(C)c1. The molecule has 0 amide bonds. The first kappa shape index (κ1) is 44.5. The molecule has 0 aliphatic rings. The van der Waals surface area contributed by atoms with Crippen LogP contribution in [0.2, 0.25) is 118 Å². The minimum Gasteiger partial charge on any atom is -0.116 e. The molecule has 47 heavy (non-hydrogen) atoms. The van der Waals surface area contributed by atoms with E-state index in [1.807, 2.05) is 20.5 Å². The normalized spacial score (nSPS) is 14.6. The Morgan fingerprint density at radius 3 is 0.936 bits per heavy atom. The molecule has 0 radical (unpaired) electrons. The van der Waals surface area contributed by atoms with Crippen molar-refractivity contribution in [1.29, 1.82) is 0 Å². The van der Waals surface area contributed by atoms with E-state index in [0.29, 0.717) is 15.5 Å². The van der Waals surface area contributed by atoms with Crippen molar-refractivity contribution in [3.05, 3.63) is 57.6 Å². The molecule has 0 aliphatic carbocycles. The fraction of sp³-hybridized carbons (Fsp3) is 0.667. The maximum absolute atomic E-state index is 5.37. The van der Waals surface area contributed by atoms with Crippen molar-refractivity contribution in [3.63, 3.8) is 0 Å². The number of hydrogen-bond acceptors (Lipinski definition) is 4. The van der Waals surface area contributed by atoms with E-state index in [2.05, 4.69) is 163 Å². The lowest BCUT2D eigenvalue weighted by Gasteiger charge is -2.48. The van der Waals surface area contributed by atoms with Gasteiger partial charge in [-0.3, -0.25) is 0 Å². The number of hydrogen-bond donors (Lipinski definition) is 2. The van der Waals surface area contributed by atoms with Gasteiger partial charge in [0.05, 0.1) is 0 Å². The zero-order chi connectivity index (χ0) is 37.1. The standard InChI is InChI=1S/C36H72S4Si7/c1-26-22-27(2)32(28(3)23-26)47(39-37,40-38)33-30(35(43(10,11)12)44(13,14)15)24-29(34(41(4,5)6)42(7,8)9)25-31(33)36(45(16,17)18)46(19,20)21/h22-25,34-38H,1-21H3. The molecule has 0 unspecified atom stereocenters. The Bertz CT molecular complexity index is 1290. The average Bonchev–Trinajstić information content (AvgIpc) is 2.76. The summed E-state index contributed by atoms with van der Waals surface area (Å²) in [4.78, 5) is 0. The molecule has 0 fully saturated rings. The van der Waals surface area contributed by atoms with Gasteiger partial charge in [0.1, 0.15) is 0 Å². The average molecular weight is 830 g/mol. The molecule has 2 rings (SSSR count). The first-order valence-electron chi connectivity index (χ1n) is 17.7. The van der Waals surface area contributed by atoms with Gasteiger partial charge in [-0.2, -0.15) is 0 Å². The molecule has 0 nitrogen and oxygen atoms in total. The number of thiol groups is 2. The molecule has 0 bridgehead atoms. The second-order valence-corrected chi connectivity index (χ2v) is 66.2. The third-order valence-electron chi connectivity index (χ3n) is 9.97. The lowest BCUT2D eigenvalue weighted by atomic mass is 10.1. The third kappa shape index (κ3) is 9.87. The van der Waals surface area contributed by atoms with Gasteiger partial charge in [-0.15, -0.1) is 23.3 Å². The molecular formula is C36H72S4Si7. The largest absolute Gasteiger partial charge is 0.262 e. The molecular weight excluding hydrogens is 757 g/mol. The Kier molecular flexibility index (Phi) is 14.2. The van der Waals surface area contributed by atoms with E-state index < -0.39 is 54.8 Å². The Balaban J connectivity index is 3.65. The topological polar surface area (TPSA) is 0 Å². The summed E-state index contributed by atoms with van der Waals surface area (Å²) in [6.45, 7) is 54.9. The quantitative estimate of drug-likeness (QED) is 0.117. The van der Waals surface area contributed by atoms with Crippen molar-refractivity contribution in [2.75, 3.05) is 0 Å². The van der Waals surface area contributed by atoms with Crippen LogP contribution in [-0.2, 0) is 0 Å². The van der Waals surface area contributed by atoms with Crippen LogP contribution < -0.4 is 10.4 Å². The molecule has 0 aliphatic heterocycles. The summed E-state index contributed by atoms with van der Waals surface area (Å²) in [5.41, 5.74) is 9.40. The molecule has 268 valence electrons. The van der Waals surface area contributed by atoms with Crippen LogP contribution in [-0.4, -0.2) is 54.8 Å². The minimum absolute atomic E-state index is 0.649. The molecule has 2 aromatic rings. The lowest BCUT2D eigenvalue weighted by Crippen LogP contribution is -2.62. The Morgan fingerprint density at radius 2 is 0.702 bits per heavy atom. The molecule has 0 saturated heterocycles. The van der Waals surface area contributed by atoms with E-state index in [0.717, 1.165) is 0 Å². The second kappa shape index (κ2) is 15.0. The number of rotatable bonds is 13. The molecule has 0 saturated carbocycles. The van der Waals surface area contributed by atoms with Crippen LogP contribution in [0, 0.1) is 20.8 Å². The van der Waals surface area contributed by atoms with Gasteiger partial charge in [0.2, 0.25) is 0 Å². The maximum Gasteiger partial charge on any atom is 0.262 e. The zero-order valence-corrected chi connectivity index (χ0v) is 44.7. The van der Waals surface area contributed by atoms with Gasteiger partial charge in [-0.05, 0) is 74.5 Å². The highest BCUT2D eigenvalue weighted by Crippen LogP contribution is 2.48. The van der Waals surface area contributed by atoms with Gasteiger partial charge in [0.25, 0.3) is 6.37 Å². The molecule has 0 atom stereocenters. The summed E-state index contributed by atoms with van der Waals surface area (Å²) in [6.07, 6.45) is -2.61. The van der Waals surface area contributed by atoms with Crippen LogP contribution in [0.5, 0.6) is 0 Å². The monoisotopic (exact) mass is 828 g/mol. The van der Waals surface area contributed by atoms with E-state index in [1.54, 1.807) is 27.1 Å². The van der Waals surface area contributed by atoms with Gasteiger partial charge in [-0.1, -0.05) is 168 Å². The van der Waals surface area contributed by atoms with Gasteiger partial charge < -0.3 is 0 Å². The predicted molar refractivity (Wildman–Crippen MR) is 254 cm³/mol. The van der Waals surface area contributed by atoms with Crippen molar-refractivity contribution < 1.29 is 0 Å². The van der Waals surface area contributed by atoms with E-state index in [4.69, 9.17) is 23.3 Å². The highest BCUT2D eigenvalue weighted by molar-refractivity contribution is 9.01. The van der Waals surface area contributed by atoms with E-state index in [1.165, 1.54) is 16.7 Å². The summed E-state index contributed by atoms with van der Waals surface area (Å²) >= 11 is 10.7. The number of benzene rings is 2. The fourth-order valence-electron chi connectivity index (χ4n) is 10.5. The van der Waals surface area contributed by atoms with Crippen molar-refractivity contribution in [2.24, 2.45) is 0 Å². The van der Waals surface area contributed by atoms with Crippen LogP contribution in [0.4, 0.5) is 0 Å². The summed E-state index contributed by atoms with van der Waals surface area (Å²) in [7, 11) is -6.02. The highest BCUT2D eigenvalue weighted by Gasteiger charge is 2.52. The summed E-state index contributed by atoms with van der Waals surface area (Å²) in [6, 6.07) is 10.6. The summed E-state index contributed by atoms with van der Waals surface area (Å²) < 4.78 is 0. The molecule has 0 aromatic heterocycles. The van der Waals surface area contributed by atoms with E-state index in [-0.39, 0.29) is 0 Å². The van der Waals surface area contributed by atoms with Crippen LogP contribution in [0.3, 0.4) is 0 Å². The maximum atomic E-state index is 5.37. The molecule has 0 spiro atoms. The molecule has 2 aromatic carbocycles. The minimum atomic E-state index is -2.61. The van der Waals surface area contributed by atoms with Gasteiger partial charge in [-0.25, -0.2) is 0 Å². The first-order valence-corrected chi connectivity index (χ1v) is 46.3. The van der Waals surface area contributed by atoms with Crippen LogP contribution in [0.1, 0.15) is 48.9 Å². The van der Waals surface area contributed by atoms with Crippen LogP contribution >= 0.6 is 43.8 Å². The fourth-order valence-corrected chi connectivity index (χ4v) is 64.0. The summed E-state index contributed by atoms with van der Waals surface area (Å²) in [5, 5.41) is 5.29. The predicted octanol–water partition coefficient (Wildman–Crippen LogP) is 12.8.